The molecule has 0 unspecified atom stereocenters. The molecule has 1 rings (SSSR count). The monoisotopic (exact) mass is 399 g/mol. The predicted molar refractivity (Wildman–Crippen MR) is 103 cm³/mol. The van der Waals surface area contributed by atoms with Crippen LogP contribution in [0.25, 0.3) is 0 Å². The van der Waals surface area contributed by atoms with Crippen LogP contribution in [0.1, 0.15) is 44.5 Å². The summed E-state index contributed by atoms with van der Waals surface area (Å²) in [5.74, 6) is -1.05. The second-order valence-electron chi connectivity index (χ2n) is 6.68. The van der Waals surface area contributed by atoms with Gasteiger partial charge in [-0.1, -0.05) is 25.4 Å². The van der Waals surface area contributed by atoms with Gasteiger partial charge >= 0.3 is 0 Å². The summed E-state index contributed by atoms with van der Waals surface area (Å²) in [7, 11) is 0. The first-order chi connectivity index (χ1) is 12.6. The Morgan fingerprint density at radius 3 is 2.48 bits per heavy atom. The lowest BCUT2D eigenvalue weighted by Gasteiger charge is -2.22. The molecular weight excluding hydrogens is 374 g/mol. The molecule has 0 heterocycles. The van der Waals surface area contributed by atoms with Gasteiger partial charge in [-0.2, -0.15) is 0 Å². The number of nitrogens with zero attached hydrogens (tertiary/aromatic N) is 1. The summed E-state index contributed by atoms with van der Waals surface area (Å²) < 4.78 is 5.41. The van der Waals surface area contributed by atoms with E-state index in [4.69, 9.17) is 16.3 Å². The largest absolute Gasteiger partial charge is 0.379 e. The number of nitro benzene ring substituents is 1. The van der Waals surface area contributed by atoms with E-state index in [0.717, 1.165) is 6.07 Å². The lowest BCUT2D eigenvalue weighted by molar-refractivity contribution is -0.384. The number of nitro groups is 1. The molecule has 2 N–H and O–H groups in total. The van der Waals surface area contributed by atoms with Crippen molar-refractivity contribution in [2.24, 2.45) is 5.92 Å². The summed E-state index contributed by atoms with van der Waals surface area (Å²) in [6, 6.07) is 2.99. The second kappa shape index (κ2) is 10.8. The molecule has 2 amide bonds. The Bertz CT molecular complexity index is 679. The summed E-state index contributed by atoms with van der Waals surface area (Å²) in [5.41, 5.74) is -0.296. The van der Waals surface area contributed by atoms with Gasteiger partial charge in [-0.3, -0.25) is 19.7 Å². The van der Waals surface area contributed by atoms with Crippen molar-refractivity contribution < 1.29 is 19.2 Å². The Morgan fingerprint density at radius 1 is 1.26 bits per heavy atom. The number of hydrogen-bond acceptors (Lipinski definition) is 5. The van der Waals surface area contributed by atoms with Crippen molar-refractivity contribution in [2.75, 3.05) is 13.2 Å². The fourth-order valence-electron chi connectivity index (χ4n) is 2.27. The van der Waals surface area contributed by atoms with Crippen molar-refractivity contribution in [3.63, 3.8) is 0 Å². The van der Waals surface area contributed by atoms with Gasteiger partial charge in [0.05, 0.1) is 11.0 Å². The molecule has 0 spiro atoms. The summed E-state index contributed by atoms with van der Waals surface area (Å²) in [6.07, 6.45) is 0.790. The van der Waals surface area contributed by atoms with Gasteiger partial charge in [0.15, 0.2) is 0 Å². The van der Waals surface area contributed by atoms with Gasteiger partial charge < -0.3 is 15.4 Å². The topological polar surface area (TPSA) is 111 Å². The Morgan fingerprint density at radius 2 is 1.93 bits per heavy atom. The van der Waals surface area contributed by atoms with E-state index in [0.29, 0.717) is 19.6 Å². The fraction of sp³-hybridized carbons (Fsp3) is 0.556. The van der Waals surface area contributed by atoms with Crippen LogP contribution in [0.4, 0.5) is 5.69 Å². The fourth-order valence-corrected chi connectivity index (χ4v) is 2.45. The van der Waals surface area contributed by atoms with Crippen molar-refractivity contribution in [2.45, 2.75) is 46.3 Å². The molecule has 1 atom stereocenters. The summed E-state index contributed by atoms with van der Waals surface area (Å²) in [6.45, 7) is 8.43. The highest BCUT2D eigenvalue weighted by molar-refractivity contribution is 6.32. The maximum Gasteiger partial charge on any atom is 0.288 e. The van der Waals surface area contributed by atoms with Crippen LogP contribution in [0.5, 0.6) is 0 Å². The zero-order valence-corrected chi connectivity index (χ0v) is 16.7. The van der Waals surface area contributed by atoms with Crippen molar-refractivity contribution in [3.05, 3.63) is 38.9 Å². The van der Waals surface area contributed by atoms with Crippen molar-refractivity contribution in [3.8, 4) is 0 Å². The van der Waals surface area contributed by atoms with Crippen LogP contribution < -0.4 is 10.6 Å². The molecule has 1 aromatic carbocycles. The molecule has 0 aliphatic rings. The number of amides is 2. The first kappa shape index (κ1) is 22.9. The number of carbonyl (C=O) groups is 2. The van der Waals surface area contributed by atoms with Gasteiger partial charge in [0.25, 0.3) is 11.6 Å². The number of rotatable bonds is 10. The molecular formula is C18H26ClN3O5. The van der Waals surface area contributed by atoms with E-state index >= 15 is 0 Å². The van der Waals surface area contributed by atoms with E-state index in [9.17, 15) is 19.7 Å². The summed E-state index contributed by atoms with van der Waals surface area (Å²) >= 11 is 5.76. The van der Waals surface area contributed by atoms with E-state index in [1.165, 1.54) is 12.1 Å². The van der Waals surface area contributed by atoms with E-state index in [1.54, 1.807) is 13.8 Å². The molecule has 8 nitrogen and oxygen atoms in total. The smallest absolute Gasteiger partial charge is 0.288 e. The standard InChI is InChI=1S/C18H26ClN3O5/c1-11(2)16(18(24)20-8-5-9-27-12(3)4)21-17(23)13-6-7-14(19)15(10-13)22(25)26/h6-7,10-12,16H,5,8-9H2,1-4H3,(H,20,24)(H,21,23)/t16-/m0/s1. The van der Waals surface area contributed by atoms with Crippen molar-refractivity contribution in [1.82, 2.24) is 10.6 Å². The van der Waals surface area contributed by atoms with Crippen LogP contribution >= 0.6 is 11.6 Å². The third-order valence-electron chi connectivity index (χ3n) is 3.71. The number of carbonyl (C=O) groups excluding carboxylic acids is 2. The molecule has 9 heteroatoms. The quantitative estimate of drug-likeness (QED) is 0.357. The number of ether oxygens (including phenoxy) is 1. The third kappa shape index (κ3) is 7.52. The number of benzene rings is 1. The first-order valence-electron chi connectivity index (χ1n) is 8.77. The van der Waals surface area contributed by atoms with Crippen LogP contribution in [0.3, 0.4) is 0 Å². The molecule has 0 saturated carbocycles. The highest BCUT2D eigenvalue weighted by Gasteiger charge is 2.25. The lowest BCUT2D eigenvalue weighted by atomic mass is 10.0. The predicted octanol–water partition coefficient (Wildman–Crippen LogP) is 2.93. The minimum absolute atomic E-state index is 0.0571. The number of hydrogen-bond donors (Lipinski definition) is 2. The Labute approximate surface area is 163 Å². The van der Waals surface area contributed by atoms with Crippen LogP contribution in [-0.2, 0) is 9.53 Å². The molecule has 0 bridgehead atoms. The maximum atomic E-state index is 12.4. The van der Waals surface area contributed by atoms with E-state index < -0.39 is 16.9 Å². The molecule has 1 aromatic rings. The zero-order valence-electron chi connectivity index (χ0n) is 16.0. The highest BCUT2D eigenvalue weighted by Crippen LogP contribution is 2.25. The minimum Gasteiger partial charge on any atom is -0.379 e. The van der Waals surface area contributed by atoms with Crippen LogP contribution in [0.2, 0.25) is 5.02 Å². The van der Waals surface area contributed by atoms with Crippen LogP contribution in [0, 0.1) is 16.0 Å². The van der Waals surface area contributed by atoms with Gasteiger partial charge in [-0.05, 0) is 38.3 Å². The molecule has 0 aliphatic carbocycles. The first-order valence-corrected chi connectivity index (χ1v) is 9.15. The van der Waals surface area contributed by atoms with Gasteiger partial charge in [-0.25, -0.2) is 0 Å². The number of halogens is 1. The average Bonchev–Trinajstić information content (AvgIpc) is 2.58. The second-order valence-corrected chi connectivity index (χ2v) is 7.09. The molecule has 150 valence electrons. The Balaban J connectivity index is 2.71. The molecule has 0 radical (unpaired) electrons. The maximum absolute atomic E-state index is 12.4. The van der Waals surface area contributed by atoms with Gasteiger partial charge in [0.1, 0.15) is 11.1 Å². The van der Waals surface area contributed by atoms with Crippen molar-refractivity contribution in [1.29, 1.82) is 0 Å². The van der Waals surface area contributed by atoms with Crippen LogP contribution in [0.15, 0.2) is 18.2 Å². The normalized spacial score (nSPS) is 12.1. The van der Waals surface area contributed by atoms with E-state index in [1.807, 2.05) is 13.8 Å². The highest BCUT2D eigenvalue weighted by atomic mass is 35.5. The van der Waals surface area contributed by atoms with E-state index in [2.05, 4.69) is 10.6 Å². The molecule has 0 aliphatic heterocycles. The molecule has 0 fully saturated rings. The summed E-state index contributed by atoms with van der Waals surface area (Å²) in [4.78, 5) is 35.1. The van der Waals surface area contributed by atoms with Gasteiger partial charge in [-0.15, -0.1) is 0 Å². The molecule has 0 saturated heterocycles. The van der Waals surface area contributed by atoms with Crippen LogP contribution in [-0.4, -0.2) is 42.0 Å². The lowest BCUT2D eigenvalue weighted by Crippen LogP contribution is -2.50. The minimum atomic E-state index is -0.766. The Kier molecular flexibility index (Phi) is 9.17. The average molecular weight is 400 g/mol. The van der Waals surface area contributed by atoms with Gasteiger partial charge in [0, 0.05) is 24.8 Å². The van der Waals surface area contributed by atoms with E-state index in [-0.39, 0.29) is 34.2 Å². The summed E-state index contributed by atoms with van der Waals surface area (Å²) in [5, 5.41) is 16.3. The van der Waals surface area contributed by atoms with Gasteiger partial charge in [0.2, 0.25) is 5.91 Å². The molecule has 0 aromatic heterocycles. The molecule has 27 heavy (non-hydrogen) atoms. The Hall–Kier alpha value is -2.19. The third-order valence-corrected chi connectivity index (χ3v) is 4.03. The zero-order chi connectivity index (χ0) is 20.6. The van der Waals surface area contributed by atoms with Crippen molar-refractivity contribution >= 4 is 29.1 Å². The SMILES string of the molecule is CC(C)OCCCNC(=O)[C@@H](NC(=O)c1ccc(Cl)c([N+](=O)[O-])c1)C(C)C. The number of nitrogens with one attached hydrogen (secondary N) is 2.